The van der Waals surface area contributed by atoms with Gasteiger partial charge in [0.15, 0.2) is 22.8 Å². The molecule has 16 heteroatoms. The molecule has 2 fully saturated rings. The Morgan fingerprint density at radius 3 is 2.52 bits per heavy atom. The summed E-state index contributed by atoms with van der Waals surface area (Å²) in [6.45, 7) is 14.8. The first-order valence-corrected chi connectivity index (χ1v) is 25.7. The number of piperazine rings is 1. The molecule has 2 aromatic carbocycles. The number of rotatable bonds is 13. The van der Waals surface area contributed by atoms with E-state index in [2.05, 4.69) is 46.9 Å². The smallest absolute Gasteiger partial charge is 0.302 e. The lowest BCUT2D eigenvalue weighted by molar-refractivity contribution is -0.142. The van der Waals surface area contributed by atoms with Crippen LogP contribution in [-0.2, 0) is 51.6 Å². The van der Waals surface area contributed by atoms with Crippen molar-refractivity contribution in [2.45, 2.75) is 84.1 Å². The SMILES string of the molecule is CC(=O)OCc1c(-c2nc(Nc3ccc(N4CCN(C5COC5)CC4)cc3)c3ncn(COCC[Si](C)(C)C)c3n2)cc(F)cc1N1CCc2c(sc3c2CCCC3)C1=O. The van der Waals surface area contributed by atoms with E-state index in [9.17, 15) is 9.59 Å². The first-order chi connectivity index (χ1) is 29.0. The van der Waals surface area contributed by atoms with Gasteiger partial charge in [-0.3, -0.25) is 19.1 Å². The molecule has 9 rings (SSSR count). The number of anilines is 4. The summed E-state index contributed by atoms with van der Waals surface area (Å²) in [5.74, 6) is -0.608. The van der Waals surface area contributed by atoms with Gasteiger partial charge in [0.25, 0.3) is 5.91 Å². The van der Waals surface area contributed by atoms with Crippen LogP contribution in [0.5, 0.6) is 0 Å². The first-order valence-electron chi connectivity index (χ1n) is 21.1. The molecular weight excluding hydrogens is 800 g/mol. The van der Waals surface area contributed by atoms with Gasteiger partial charge in [0.05, 0.1) is 36.1 Å². The molecule has 0 atom stereocenters. The highest BCUT2D eigenvalue weighted by molar-refractivity contribution is 7.14. The summed E-state index contributed by atoms with van der Waals surface area (Å²) >= 11 is 1.57. The summed E-state index contributed by atoms with van der Waals surface area (Å²) in [6.07, 6.45) is 6.57. The highest BCUT2D eigenvalue weighted by atomic mass is 32.1. The molecule has 0 unspecified atom stereocenters. The zero-order chi connectivity index (χ0) is 41.5. The van der Waals surface area contributed by atoms with Gasteiger partial charge in [0.2, 0.25) is 0 Å². The summed E-state index contributed by atoms with van der Waals surface area (Å²) in [6, 6.07) is 12.5. The number of halogens is 1. The average molecular weight is 853 g/mol. The Hall–Kier alpha value is -4.74. The number of ether oxygens (including phenoxy) is 3. The van der Waals surface area contributed by atoms with Crippen molar-refractivity contribution in [3.8, 4) is 11.4 Å². The lowest BCUT2D eigenvalue weighted by Gasteiger charge is -2.43. The minimum absolute atomic E-state index is 0.165. The van der Waals surface area contributed by atoms with Crippen molar-refractivity contribution in [3.63, 3.8) is 0 Å². The predicted molar refractivity (Wildman–Crippen MR) is 235 cm³/mol. The molecule has 1 amide bonds. The van der Waals surface area contributed by atoms with Gasteiger partial charge in [0, 0.05) is 81.7 Å². The van der Waals surface area contributed by atoms with Crippen LogP contribution in [-0.4, -0.2) is 103 Å². The molecule has 3 aromatic heterocycles. The number of hydrogen-bond donors (Lipinski definition) is 1. The standard InChI is InChI=1S/C44H53FN8O5SSi/c1-28(54)58-25-36-35(21-29(45)22-37(36)53-14-13-34-33-7-5-6-8-38(33)59-40(34)44(53)55)41-48-42(39-43(49-41)52(26-46-39)27-56-19-20-60(2,3)4)47-30-9-11-31(12-10-30)50-15-17-51(18-16-50)32-23-57-24-32/h9-12,21-22,26,32H,5-8,13-20,23-25,27H2,1-4H3,(H,47,48,49). The maximum Gasteiger partial charge on any atom is 0.302 e. The van der Waals surface area contributed by atoms with Crippen molar-refractivity contribution >= 4 is 65.3 Å². The second-order valence-corrected chi connectivity index (χ2v) is 24.2. The summed E-state index contributed by atoms with van der Waals surface area (Å²) in [7, 11) is -1.33. The van der Waals surface area contributed by atoms with E-state index in [1.165, 1.54) is 29.5 Å². The van der Waals surface area contributed by atoms with Gasteiger partial charge in [-0.1, -0.05) is 19.6 Å². The fraction of sp³-hybridized carbons (Fsp3) is 0.477. The van der Waals surface area contributed by atoms with Gasteiger partial charge >= 0.3 is 5.97 Å². The maximum absolute atomic E-state index is 16.1. The quantitative estimate of drug-likeness (QED) is 0.0723. The van der Waals surface area contributed by atoms with Gasteiger partial charge < -0.3 is 29.3 Å². The van der Waals surface area contributed by atoms with E-state index in [1.807, 2.05) is 16.7 Å². The molecule has 1 aliphatic carbocycles. The number of benzene rings is 2. The third-order valence-electron chi connectivity index (χ3n) is 12.1. The van der Waals surface area contributed by atoms with E-state index in [1.54, 1.807) is 22.6 Å². The van der Waals surface area contributed by atoms with Crippen LogP contribution < -0.4 is 15.1 Å². The lowest BCUT2D eigenvalue weighted by atomic mass is 9.91. The third-order valence-corrected chi connectivity index (χ3v) is 15.1. The van der Waals surface area contributed by atoms with Crippen LogP contribution in [0.1, 0.15) is 51.0 Å². The number of esters is 1. The monoisotopic (exact) mass is 852 g/mol. The summed E-state index contributed by atoms with van der Waals surface area (Å²) < 4.78 is 35.1. The minimum Gasteiger partial charge on any atom is -0.461 e. The minimum atomic E-state index is -1.33. The van der Waals surface area contributed by atoms with E-state index in [0.717, 1.165) is 92.9 Å². The second kappa shape index (κ2) is 17.0. The Kier molecular flexibility index (Phi) is 11.5. The molecule has 1 N–H and O–H groups in total. The fourth-order valence-electron chi connectivity index (χ4n) is 8.59. The van der Waals surface area contributed by atoms with Gasteiger partial charge in [-0.15, -0.1) is 11.3 Å². The third kappa shape index (κ3) is 8.44. The largest absolute Gasteiger partial charge is 0.461 e. The van der Waals surface area contributed by atoms with Crippen LogP contribution in [0.3, 0.4) is 0 Å². The molecule has 0 saturated carbocycles. The van der Waals surface area contributed by atoms with E-state index < -0.39 is 19.9 Å². The number of hydrogen-bond acceptors (Lipinski definition) is 12. The van der Waals surface area contributed by atoms with E-state index in [4.69, 9.17) is 29.2 Å². The van der Waals surface area contributed by atoms with Crippen LogP contribution in [0.25, 0.3) is 22.6 Å². The van der Waals surface area contributed by atoms with Gasteiger partial charge in [0.1, 0.15) is 19.2 Å². The van der Waals surface area contributed by atoms with Gasteiger partial charge in [-0.05, 0) is 85.7 Å². The Labute approximate surface area is 354 Å². The summed E-state index contributed by atoms with van der Waals surface area (Å²) in [4.78, 5) is 49.9. The molecule has 316 valence electrons. The Morgan fingerprint density at radius 1 is 1.00 bits per heavy atom. The zero-order valence-electron chi connectivity index (χ0n) is 34.9. The highest BCUT2D eigenvalue weighted by Crippen LogP contribution is 2.41. The topological polar surface area (TPSA) is 127 Å². The van der Waals surface area contributed by atoms with Crippen LogP contribution in [0, 0.1) is 5.82 Å². The highest BCUT2D eigenvalue weighted by Gasteiger charge is 2.35. The van der Waals surface area contributed by atoms with Crippen LogP contribution >= 0.6 is 11.3 Å². The second-order valence-electron chi connectivity index (χ2n) is 17.5. The molecule has 0 bridgehead atoms. The van der Waals surface area contributed by atoms with Crippen LogP contribution in [0.4, 0.5) is 27.3 Å². The van der Waals surface area contributed by atoms with Crippen molar-refractivity contribution in [2.24, 2.45) is 0 Å². The van der Waals surface area contributed by atoms with Crippen molar-refractivity contribution in [1.29, 1.82) is 0 Å². The molecule has 3 aliphatic heterocycles. The fourth-order valence-corrected chi connectivity index (χ4v) is 10.7. The molecule has 0 radical (unpaired) electrons. The van der Waals surface area contributed by atoms with Gasteiger partial charge in [-0.25, -0.2) is 19.3 Å². The summed E-state index contributed by atoms with van der Waals surface area (Å²) in [5.41, 5.74) is 6.51. The number of thiophene rings is 1. The molecule has 6 heterocycles. The first kappa shape index (κ1) is 40.7. The van der Waals surface area contributed by atoms with Crippen LogP contribution in [0.15, 0.2) is 42.7 Å². The number of nitrogens with zero attached hydrogens (tertiary/aromatic N) is 7. The Morgan fingerprint density at radius 2 is 1.78 bits per heavy atom. The van der Waals surface area contributed by atoms with E-state index >= 15 is 4.39 Å². The number of nitrogens with one attached hydrogen (secondary N) is 1. The van der Waals surface area contributed by atoms with Crippen molar-refractivity contribution in [3.05, 3.63) is 75.0 Å². The van der Waals surface area contributed by atoms with E-state index in [-0.39, 0.29) is 25.1 Å². The van der Waals surface area contributed by atoms with E-state index in [0.29, 0.717) is 59.4 Å². The van der Waals surface area contributed by atoms with Crippen molar-refractivity contribution in [1.82, 2.24) is 24.4 Å². The number of fused-ring (bicyclic) bond motifs is 4. The number of aryl methyl sites for hydroxylation is 1. The number of amides is 1. The Balaban J connectivity index is 1.07. The van der Waals surface area contributed by atoms with Gasteiger partial charge in [-0.2, -0.15) is 0 Å². The molecule has 13 nitrogen and oxygen atoms in total. The molecule has 60 heavy (non-hydrogen) atoms. The molecular formula is C44H53FN8O5SSi. The number of carbonyl (C=O) groups excluding carboxylic acids is 2. The normalized spacial score (nSPS) is 17.4. The maximum atomic E-state index is 16.1. The Bertz CT molecular complexity index is 2400. The summed E-state index contributed by atoms with van der Waals surface area (Å²) in [5, 5.41) is 3.48. The number of imidazole rings is 1. The van der Waals surface area contributed by atoms with Crippen molar-refractivity contribution < 1.29 is 28.2 Å². The predicted octanol–water partition coefficient (Wildman–Crippen LogP) is 7.42. The molecule has 5 aromatic rings. The lowest BCUT2D eigenvalue weighted by Crippen LogP contribution is -2.56. The van der Waals surface area contributed by atoms with Crippen molar-refractivity contribution in [2.75, 3.05) is 67.7 Å². The zero-order valence-corrected chi connectivity index (χ0v) is 36.7. The number of aromatic nitrogens is 4. The average Bonchev–Trinajstić information content (AvgIpc) is 3.80. The number of carbonyl (C=O) groups is 2. The van der Waals surface area contributed by atoms with Crippen LogP contribution in [0.2, 0.25) is 25.7 Å². The molecule has 4 aliphatic rings. The molecule has 2 saturated heterocycles. The molecule has 0 spiro atoms.